The summed E-state index contributed by atoms with van der Waals surface area (Å²) in [6.45, 7) is 8.95. The summed E-state index contributed by atoms with van der Waals surface area (Å²) in [5, 5.41) is 3.16. The van der Waals surface area contributed by atoms with Crippen molar-refractivity contribution in [3.63, 3.8) is 0 Å². The van der Waals surface area contributed by atoms with Gasteiger partial charge in [-0.05, 0) is 35.1 Å². The van der Waals surface area contributed by atoms with E-state index in [2.05, 4.69) is 51.2 Å². The highest BCUT2D eigenvalue weighted by atomic mass is 16.2. The number of hydrogen-bond acceptors (Lipinski definition) is 2. The number of amides is 2. The molecule has 4 heteroatoms. The Morgan fingerprint density at radius 1 is 0.963 bits per heavy atom. The summed E-state index contributed by atoms with van der Waals surface area (Å²) in [7, 11) is 0. The van der Waals surface area contributed by atoms with Crippen LogP contribution in [-0.2, 0) is 9.59 Å². The van der Waals surface area contributed by atoms with Crippen LogP contribution >= 0.6 is 0 Å². The highest BCUT2D eigenvalue weighted by molar-refractivity contribution is 6.04. The molecule has 0 saturated carbocycles. The molecule has 1 fully saturated rings. The van der Waals surface area contributed by atoms with Crippen LogP contribution in [0.5, 0.6) is 0 Å². The summed E-state index contributed by atoms with van der Waals surface area (Å²) in [6.07, 6.45) is 0.252. The number of carbonyl (C=O) groups is 2. The molecule has 1 atom stereocenters. The fourth-order valence-corrected chi connectivity index (χ4v) is 3.66. The fraction of sp³-hybridized carbons (Fsp3) is 0.391. The fourth-order valence-electron chi connectivity index (χ4n) is 3.66. The van der Waals surface area contributed by atoms with Gasteiger partial charge in [-0.3, -0.25) is 9.59 Å². The van der Waals surface area contributed by atoms with Crippen molar-refractivity contribution < 1.29 is 9.59 Å². The van der Waals surface area contributed by atoms with E-state index in [1.54, 1.807) is 4.90 Å². The number of nitrogens with zero attached hydrogens (tertiary/aromatic N) is 1. The summed E-state index contributed by atoms with van der Waals surface area (Å²) in [5.74, 6) is 0.215. The lowest BCUT2D eigenvalue weighted by Gasteiger charge is -2.21. The van der Waals surface area contributed by atoms with Crippen molar-refractivity contribution in [1.82, 2.24) is 0 Å². The Morgan fingerprint density at radius 3 is 2.11 bits per heavy atom. The van der Waals surface area contributed by atoms with E-state index in [1.165, 1.54) is 0 Å². The van der Waals surface area contributed by atoms with Gasteiger partial charge in [0.25, 0.3) is 0 Å². The summed E-state index contributed by atoms with van der Waals surface area (Å²) in [5.41, 5.74) is 4.04. The zero-order valence-corrected chi connectivity index (χ0v) is 16.5. The Labute approximate surface area is 161 Å². The summed E-state index contributed by atoms with van der Waals surface area (Å²) >= 11 is 0. The van der Waals surface area contributed by atoms with Crippen molar-refractivity contribution in [2.45, 2.75) is 46.0 Å². The maximum absolute atomic E-state index is 13.0. The smallest absolute Gasteiger partial charge is 0.229 e. The molecule has 4 nitrogen and oxygen atoms in total. The Balaban J connectivity index is 1.81. The third kappa shape index (κ3) is 4.05. The lowest BCUT2D eigenvalue weighted by atomic mass is 9.92. The minimum atomic E-state index is -0.335. The quantitative estimate of drug-likeness (QED) is 0.818. The van der Waals surface area contributed by atoms with Crippen LogP contribution in [0.25, 0.3) is 0 Å². The third-order valence-corrected chi connectivity index (χ3v) is 5.18. The molecule has 1 saturated heterocycles. The molecule has 2 aromatic carbocycles. The first-order chi connectivity index (χ1) is 12.9. The van der Waals surface area contributed by atoms with Gasteiger partial charge in [0.1, 0.15) is 0 Å². The number of hydrogen-bond donors (Lipinski definition) is 1. The lowest BCUT2D eigenvalue weighted by Crippen LogP contribution is -2.28. The van der Waals surface area contributed by atoms with Gasteiger partial charge in [0.15, 0.2) is 0 Å². The van der Waals surface area contributed by atoms with E-state index >= 15 is 0 Å². The number of anilines is 2. The summed E-state index contributed by atoms with van der Waals surface area (Å²) in [4.78, 5) is 27.1. The predicted octanol–water partition coefficient (Wildman–Crippen LogP) is 4.93. The molecule has 0 aromatic heterocycles. The van der Waals surface area contributed by atoms with Gasteiger partial charge >= 0.3 is 0 Å². The minimum absolute atomic E-state index is 0.00239. The van der Waals surface area contributed by atoms with Crippen molar-refractivity contribution >= 4 is 23.2 Å². The molecule has 1 N–H and O–H groups in total. The summed E-state index contributed by atoms with van der Waals surface area (Å²) in [6, 6.07) is 15.7. The molecule has 1 aliphatic rings. The van der Waals surface area contributed by atoms with E-state index in [0.717, 1.165) is 22.5 Å². The molecule has 0 bridgehead atoms. The molecule has 142 valence electrons. The maximum Gasteiger partial charge on any atom is 0.229 e. The van der Waals surface area contributed by atoms with E-state index in [4.69, 9.17) is 0 Å². The van der Waals surface area contributed by atoms with Crippen LogP contribution < -0.4 is 10.2 Å². The van der Waals surface area contributed by atoms with Crippen LogP contribution in [0.15, 0.2) is 48.5 Å². The van der Waals surface area contributed by atoms with Crippen molar-refractivity contribution in [2.24, 2.45) is 5.92 Å². The van der Waals surface area contributed by atoms with Crippen molar-refractivity contribution in [3.8, 4) is 0 Å². The van der Waals surface area contributed by atoms with Gasteiger partial charge in [-0.25, -0.2) is 0 Å². The molecule has 1 aliphatic heterocycles. The number of carbonyl (C=O) groups excluding carboxylic acids is 2. The monoisotopic (exact) mass is 364 g/mol. The average Bonchev–Trinajstić information content (AvgIpc) is 3.04. The standard InChI is InChI=1S/C23H28N2O2/c1-15(2)19-11-8-12-20(16(3)4)22(19)24-23(27)17-13-21(26)25(14-17)18-9-6-5-7-10-18/h5-12,15-17H,13-14H2,1-4H3,(H,24,27). The highest BCUT2D eigenvalue weighted by Gasteiger charge is 2.35. The van der Waals surface area contributed by atoms with E-state index in [-0.39, 0.29) is 24.2 Å². The zero-order valence-electron chi connectivity index (χ0n) is 16.5. The second-order valence-corrected chi connectivity index (χ2v) is 7.85. The molecule has 27 heavy (non-hydrogen) atoms. The van der Waals surface area contributed by atoms with Gasteiger partial charge in [0.2, 0.25) is 11.8 Å². The summed E-state index contributed by atoms with van der Waals surface area (Å²) < 4.78 is 0. The maximum atomic E-state index is 13.0. The molecular weight excluding hydrogens is 336 g/mol. The topological polar surface area (TPSA) is 49.4 Å². The van der Waals surface area contributed by atoms with Gasteiger partial charge in [-0.2, -0.15) is 0 Å². The average molecular weight is 364 g/mol. The number of para-hydroxylation sites is 2. The largest absolute Gasteiger partial charge is 0.325 e. The molecule has 0 aliphatic carbocycles. The molecular formula is C23H28N2O2. The Hall–Kier alpha value is -2.62. The molecule has 2 aromatic rings. The Kier molecular flexibility index (Phi) is 5.64. The number of nitrogens with one attached hydrogen (secondary N) is 1. The third-order valence-electron chi connectivity index (χ3n) is 5.18. The molecule has 0 radical (unpaired) electrons. The normalized spacial score (nSPS) is 17.0. The number of benzene rings is 2. The second kappa shape index (κ2) is 7.95. The SMILES string of the molecule is CC(C)c1cccc(C(C)C)c1NC(=O)C1CC(=O)N(c2ccccc2)C1. The molecule has 1 unspecified atom stereocenters. The Bertz CT molecular complexity index is 801. The van der Waals surface area contributed by atoms with Gasteiger partial charge in [0.05, 0.1) is 5.92 Å². The van der Waals surface area contributed by atoms with Crippen LogP contribution in [0.1, 0.15) is 57.1 Å². The van der Waals surface area contributed by atoms with Gasteiger partial charge in [-0.15, -0.1) is 0 Å². The van der Waals surface area contributed by atoms with Crippen LogP contribution in [0, 0.1) is 5.92 Å². The second-order valence-electron chi connectivity index (χ2n) is 7.85. The first-order valence-electron chi connectivity index (χ1n) is 9.67. The first kappa shape index (κ1) is 19.2. The van der Waals surface area contributed by atoms with Crippen molar-refractivity contribution in [2.75, 3.05) is 16.8 Å². The molecule has 2 amide bonds. The van der Waals surface area contributed by atoms with Crippen LogP contribution in [0.4, 0.5) is 11.4 Å². The predicted molar refractivity (Wildman–Crippen MR) is 110 cm³/mol. The van der Waals surface area contributed by atoms with E-state index in [1.807, 2.05) is 30.3 Å². The highest BCUT2D eigenvalue weighted by Crippen LogP contribution is 2.33. The van der Waals surface area contributed by atoms with Gasteiger partial charge in [-0.1, -0.05) is 64.1 Å². The van der Waals surface area contributed by atoms with Crippen LogP contribution in [0.2, 0.25) is 0 Å². The Morgan fingerprint density at radius 2 is 1.56 bits per heavy atom. The molecule has 1 heterocycles. The minimum Gasteiger partial charge on any atom is -0.325 e. The van der Waals surface area contributed by atoms with Gasteiger partial charge < -0.3 is 10.2 Å². The van der Waals surface area contributed by atoms with E-state index < -0.39 is 0 Å². The van der Waals surface area contributed by atoms with Crippen molar-refractivity contribution in [1.29, 1.82) is 0 Å². The molecule has 3 rings (SSSR count). The molecule has 0 spiro atoms. The lowest BCUT2D eigenvalue weighted by molar-refractivity contribution is -0.122. The van der Waals surface area contributed by atoms with Crippen LogP contribution in [0.3, 0.4) is 0 Å². The first-order valence-corrected chi connectivity index (χ1v) is 9.67. The van der Waals surface area contributed by atoms with E-state index in [9.17, 15) is 9.59 Å². The number of rotatable bonds is 5. The van der Waals surface area contributed by atoms with Gasteiger partial charge in [0, 0.05) is 24.3 Å². The zero-order chi connectivity index (χ0) is 19.6. The van der Waals surface area contributed by atoms with Crippen LogP contribution in [-0.4, -0.2) is 18.4 Å². The van der Waals surface area contributed by atoms with Crippen molar-refractivity contribution in [3.05, 3.63) is 59.7 Å². The van der Waals surface area contributed by atoms with E-state index in [0.29, 0.717) is 18.4 Å².